The van der Waals surface area contributed by atoms with Crippen LogP contribution in [0, 0.1) is 13.8 Å². The van der Waals surface area contributed by atoms with Crippen LogP contribution >= 0.6 is 0 Å². The Labute approximate surface area is 190 Å². The molecule has 168 valence electrons. The number of hydrogen-bond acceptors (Lipinski definition) is 7. The van der Waals surface area contributed by atoms with Crippen LogP contribution < -0.4 is 9.80 Å². The lowest BCUT2D eigenvalue weighted by atomic mass is 9.92. The lowest BCUT2D eigenvalue weighted by molar-refractivity contribution is 0.0453. The second-order valence-electron chi connectivity index (χ2n) is 9.27. The number of aliphatic hydroxyl groups is 1. The summed E-state index contributed by atoms with van der Waals surface area (Å²) in [5, 5.41) is 20.4. The molecule has 1 aromatic carbocycles. The summed E-state index contributed by atoms with van der Waals surface area (Å²) in [6.07, 6.45) is 5.92. The summed E-state index contributed by atoms with van der Waals surface area (Å²) in [6.45, 7) is 11.4. The number of benzene rings is 1. The normalized spacial score (nSPS) is 19.3. The number of nitrogens with zero attached hydrogens (tertiary/aromatic N) is 6. The highest BCUT2D eigenvalue weighted by molar-refractivity contribution is 5.54. The standard InChI is InChI=1S/C25H32N6O/c1-17-15-31(22(25(4,5)32)16-30(17)23-14-26-11-12-27-23)24-19(3)18(2)21(28-29-24)13-20-9-7-6-8-10-20/h6-12,14,17,22,32H,13,15-16H2,1-5H3/t17-,22?/m1/s1. The van der Waals surface area contributed by atoms with Crippen molar-refractivity contribution in [2.45, 2.75) is 58.7 Å². The number of aromatic nitrogens is 4. The van der Waals surface area contributed by atoms with Gasteiger partial charge in [-0.3, -0.25) is 4.98 Å². The van der Waals surface area contributed by atoms with E-state index in [1.54, 1.807) is 18.6 Å². The molecule has 1 unspecified atom stereocenters. The van der Waals surface area contributed by atoms with Crippen molar-refractivity contribution in [3.05, 3.63) is 71.3 Å². The van der Waals surface area contributed by atoms with E-state index in [1.165, 1.54) is 5.56 Å². The predicted molar refractivity (Wildman–Crippen MR) is 127 cm³/mol. The lowest BCUT2D eigenvalue weighted by Crippen LogP contribution is -2.64. The van der Waals surface area contributed by atoms with Crippen LogP contribution in [0.1, 0.15) is 43.2 Å². The van der Waals surface area contributed by atoms with Gasteiger partial charge in [-0.1, -0.05) is 30.3 Å². The van der Waals surface area contributed by atoms with Gasteiger partial charge < -0.3 is 14.9 Å². The van der Waals surface area contributed by atoms with Crippen molar-refractivity contribution in [3.63, 3.8) is 0 Å². The van der Waals surface area contributed by atoms with E-state index in [4.69, 9.17) is 0 Å². The fourth-order valence-electron chi connectivity index (χ4n) is 4.44. The van der Waals surface area contributed by atoms with Crippen LogP contribution in [0.25, 0.3) is 0 Å². The summed E-state index contributed by atoms with van der Waals surface area (Å²) < 4.78 is 0. The fourth-order valence-corrected chi connectivity index (χ4v) is 4.44. The molecule has 1 saturated heterocycles. The molecule has 0 radical (unpaired) electrons. The second-order valence-corrected chi connectivity index (χ2v) is 9.27. The Morgan fingerprint density at radius 3 is 2.41 bits per heavy atom. The minimum atomic E-state index is -0.939. The molecule has 0 aliphatic carbocycles. The van der Waals surface area contributed by atoms with E-state index in [0.717, 1.165) is 34.9 Å². The minimum absolute atomic E-state index is 0.173. The maximum atomic E-state index is 11.1. The van der Waals surface area contributed by atoms with Crippen molar-refractivity contribution >= 4 is 11.6 Å². The zero-order valence-corrected chi connectivity index (χ0v) is 19.5. The number of anilines is 2. The van der Waals surface area contributed by atoms with E-state index < -0.39 is 5.60 Å². The Kier molecular flexibility index (Phi) is 6.11. The minimum Gasteiger partial charge on any atom is -0.388 e. The van der Waals surface area contributed by atoms with Gasteiger partial charge in [0, 0.05) is 37.9 Å². The van der Waals surface area contributed by atoms with Crippen molar-refractivity contribution < 1.29 is 5.11 Å². The van der Waals surface area contributed by atoms with Crippen molar-refractivity contribution in [1.82, 2.24) is 20.2 Å². The van der Waals surface area contributed by atoms with Gasteiger partial charge in [0.1, 0.15) is 5.82 Å². The molecule has 7 heteroatoms. The molecule has 0 spiro atoms. The molecule has 3 heterocycles. The van der Waals surface area contributed by atoms with Crippen molar-refractivity contribution in [2.75, 3.05) is 22.9 Å². The summed E-state index contributed by atoms with van der Waals surface area (Å²) in [7, 11) is 0. The highest BCUT2D eigenvalue weighted by Gasteiger charge is 2.41. The van der Waals surface area contributed by atoms with Gasteiger partial charge in [-0.15, -0.1) is 5.10 Å². The summed E-state index contributed by atoms with van der Waals surface area (Å²) >= 11 is 0. The summed E-state index contributed by atoms with van der Waals surface area (Å²) in [5.74, 6) is 1.67. The van der Waals surface area contributed by atoms with E-state index >= 15 is 0 Å². The third-order valence-corrected chi connectivity index (χ3v) is 6.48. The average Bonchev–Trinajstić information content (AvgIpc) is 2.77. The molecule has 2 aromatic heterocycles. The third-order valence-electron chi connectivity index (χ3n) is 6.48. The lowest BCUT2D eigenvalue weighted by Gasteiger charge is -2.50. The molecule has 0 bridgehead atoms. The van der Waals surface area contributed by atoms with Crippen LogP contribution in [-0.2, 0) is 6.42 Å². The summed E-state index contributed by atoms with van der Waals surface area (Å²) in [5.41, 5.74) is 3.53. The van der Waals surface area contributed by atoms with Crippen LogP contribution in [0.3, 0.4) is 0 Å². The molecule has 0 saturated carbocycles. The van der Waals surface area contributed by atoms with Gasteiger partial charge in [0.05, 0.1) is 23.5 Å². The quantitative estimate of drug-likeness (QED) is 0.662. The molecule has 1 aliphatic rings. The second kappa shape index (κ2) is 8.82. The van der Waals surface area contributed by atoms with Crippen LogP contribution in [0.4, 0.5) is 11.6 Å². The first-order valence-corrected chi connectivity index (χ1v) is 11.1. The molecule has 1 N–H and O–H groups in total. The molecular weight excluding hydrogens is 400 g/mol. The highest BCUT2D eigenvalue weighted by atomic mass is 16.3. The zero-order valence-electron chi connectivity index (χ0n) is 19.5. The number of rotatable bonds is 5. The highest BCUT2D eigenvalue weighted by Crippen LogP contribution is 2.32. The van der Waals surface area contributed by atoms with Crippen LogP contribution in [0.15, 0.2) is 48.9 Å². The van der Waals surface area contributed by atoms with E-state index in [2.05, 4.69) is 62.9 Å². The summed E-state index contributed by atoms with van der Waals surface area (Å²) in [4.78, 5) is 13.1. The van der Waals surface area contributed by atoms with Gasteiger partial charge in [0.2, 0.25) is 0 Å². The molecule has 32 heavy (non-hydrogen) atoms. The molecule has 2 atom stereocenters. The molecule has 7 nitrogen and oxygen atoms in total. The Hall–Kier alpha value is -3.06. The predicted octanol–water partition coefficient (Wildman–Crippen LogP) is 3.33. The van der Waals surface area contributed by atoms with Gasteiger partial charge in [-0.2, -0.15) is 5.10 Å². The monoisotopic (exact) mass is 432 g/mol. The molecule has 1 fully saturated rings. The largest absolute Gasteiger partial charge is 0.388 e. The van der Waals surface area contributed by atoms with Crippen molar-refractivity contribution in [1.29, 1.82) is 0 Å². The Morgan fingerprint density at radius 2 is 1.75 bits per heavy atom. The van der Waals surface area contributed by atoms with Gasteiger partial charge in [0.25, 0.3) is 0 Å². The van der Waals surface area contributed by atoms with Crippen molar-refractivity contribution in [2.24, 2.45) is 0 Å². The van der Waals surface area contributed by atoms with E-state index in [1.807, 2.05) is 32.0 Å². The van der Waals surface area contributed by atoms with Crippen LogP contribution in [-0.4, -0.2) is 56.0 Å². The first-order chi connectivity index (χ1) is 15.3. The van der Waals surface area contributed by atoms with Gasteiger partial charge >= 0.3 is 0 Å². The molecule has 4 rings (SSSR count). The Morgan fingerprint density at radius 1 is 1.00 bits per heavy atom. The fraction of sp³-hybridized carbons (Fsp3) is 0.440. The maximum Gasteiger partial charge on any atom is 0.154 e. The SMILES string of the molecule is Cc1c(Cc2ccccc2)nnc(N2C[C@@H](C)N(c3cnccn3)CC2C(C)(C)O)c1C. The zero-order chi connectivity index (χ0) is 22.9. The molecule has 1 aliphatic heterocycles. The smallest absolute Gasteiger partial charge is 0.154 e. The van der Waals surface area contributed by atoms with Crippen molar-refractivity contribution in [3.8, 4) is 0 Å². The van der Waals surface area contributed by atoms with Gasteiger partial charge in [-0.25, -0.2) is 4.98 Å². The number of hydrogen-bond donors (Lipinski definition) is 1. The van der Waals surface area contributed by atoms with Gasteiger partial charge in [0.15, 0.2) is 5.82 Å². The van der Waals surface area contributed by atoms with E-state index in [-0.39, 0.29) is 12.1 Å². The third kappa shape index (κ3) is 4.43. The van der Waals surface area contributed by atoms with Crippen LogP contribution in [0.2, 0.25) is 0 Å². The average molecular weight is 433 g/mol. The Balaban J connectivity index is 1.66. The Bertz CT molecular complexity index is 1050. The van der Waals surface area contributed by atoms with Crippen LogP contribution in [0.5, 0.6) is 0 Å². The van der Waals surface area contributed by atoms with E-state index in [9.17, 15) is 5.11 Å². The number of piperazine rings is 1. The first kappa shape index (κ1) is 22.1. The van der Waals surface area contributed by atoms with Gasteiger partial charge in [-0.05, 0) is 51.3 Å². The first-order valence-electron chi connectivity index (χ1n) is 11.1. The molecule has 3 aromatic rings. The topological polar surface area (TPSA) is 78.3 Å². The molecule has 0 amide bonds. The summed E-state index contributed by atoms with van der Waals surface area (Å²) in [6, 6.07) is 10.3. The maximum absolute atomic E-state index is 11.1. The van der Waals surface area contributed by atoms with E-state index in [0.29, 0.717) is 13.1 Å². The molecular formula is C25H32N6O.